The minimum Gasteiger partial charge on any atom is -0.348 e. The first kappa shape index (κ1) is 20.5. The van der Waals surface area contributed by atoms with Crippen LogP contribution in [-0.2, 0) is 4.79 Å². The maximum absolute atomic E-state index is 12.7. The van der Waals surface area contributed by atoms with E-state index in [9.17, 15) is 4.79 Å². The summed E-state index contributed by atoms with van der Waals surface area (Å²) in [5.41, 5.74) is 2.49. The van der Waals surface area contributed by atoms with E-state index in [0.29, 0.717) is 29.5 Å². The van der Waals surface area contributed by atoms with Crippen LogP contribution in [0.15, 0.2) is 29.4 Å². The van der Waals surface area contributed by atoms with Gasteiger partial charge in [0, 0.05) is 12.0 Å². The number of benzene rings is 1. The number of hydrogen-bond acceptors (Lipinski definition) is 4. The smallest absolute Gasteiger partial charge is 0.230 e. The molecule has 1 amide bonds. The largest absolute Gasteiger partial charge is 0.348 e. The molecule has 4 rings (SSSR count). The van der Waals surface area contributed by atoms with Gasteiger partial charge in [-0.3, -0.25) is 4.79 Å². The van der Waals surface area contributed by atoms with Crippen molar-refractivity contribution in [3.05, 3.63) is 41.2 Å². The summed E-state index contributed by atoms with van der Waals surface area (Å²) in [6.07, 6.45) is 4.86. The van der Waals surface area contributed by atoms with Crippen LogP contribution in [-0.4, -0.2) is 26.4 Å². The zero-order chi connectivity index (χ0) is 20.5. The van der Waals surface area contributed by atoms with Crippen LogP contribution in [0, 0.1) is 5.92 Å². The van der Waals surface area contributed by atoms with Crippen molar-refractivity contribution >= 4 is 17.7 Å². The van der Waals surface area contributed by atoms with E-state index in [2.05, 4.69) is 72.0 Å². The fourth-order valence-corrected chi connectivity index (χ4v) is 4.57. The number of nitrogens with one attached hydrogen (secondary N) is 1. The van der Waals surface area contributed by atoms with Gasteiger partial charge in [0.2, 0.25) is 5.91 Å². The Morgan fingerprint density at radius 3 is 2.28 bits per heavy atom. The molecule has 1 aromatic carbocycles. The van der Waals surface area contributed by atoms with E-state index in [1.165, 1.54) is 48.6 Å². The second kappa shape index (κ2) is 8.50. The number of nitrogens with zero attached hydrogens (tertiary/aromatic N) is 3. The molecule has 2 fully saturated rings. The zero-order valence-corrected chi connectivity index (χ0v) is 18.7. The summed E-state index contributed by atoms with van der Waals surface area (Å²) in [6.45, 7) is 8.70. The van der Waals surface area contributed by atoms with Crippen molar-refractivity contribution in [3.63, 3.8) is 0 Å². The van der Waals surface area contributed by atoms with Gasteiger partial charge in [0.25, 0.3) is 0 Å². The average Bonchev–Trinajstić information content (AvgIpc) is 3.63. The highest BCUT2D eigenvalue weighted by atomic mass is 32.2. The Labute approximate surface area is 178 Å². The summed E-state index contributed by atoms with van der Waals surface area (Å²) in [4.78, 5) is 12.7. The Morgan fingerprint density at radius 2 is 1.72 bits per heavy atom. The normalized spacial score (nSPS) is 17.7. The van der Waals surface area contributed by atoms with Crippen molar-refractivity contribution in [1.82, 2.24) is 20.1 Å². The van der Waals surface area contributed by atoms with E-state index in [4.69, 9.17) is 0 Å². The molecule has 0 aliphatic heterocycles. The van der Waals surface area contributed by atoms with E-state index < -0.39 is 0 Å². The molecule has 2 aliphatic rings. The number of rotatable bonds is 9. The predicted molar refractivity (Wildman–Crippen MR) is 117 cm³/mol. The van der Waals surface area contributed by atoms with Crippen molar-refractivity contribution in [3.8, 4) is 0 Å². The SMILES string of the molecule is CC(C)c1ccc(C(NC(=O)CSc2nnc(C3CC3)n2C2CC2)C(C)C)cc1. The number of amides is 1. The topological polar surface area (TPSA) is 59.8 Å². The van der Waals surface area contributed by atoms with E-state index in [0.717, 1.165) is 11.0 Å². The molecule has 1 N–H and O–H groups in total. The first-order valence-corrected chi connectivity index (χ1v) is 11.9. The number of carbonyl (C=O) groups is 1. The van der Waals surface area contributed by atoms with Crippen LogP contribution in [0.3, 0.4) is 0 Å². The van der Waals surface area contributed by atoms with Gasteiger partial charge in [-0.05, 0) is 48.6 Å². The minimum absolute atomic E-state index is 0.0210. The third-order valence-electron chi connectivity index (χ3n) is 5.82. The van der Waals surface area contributed by atoms with Gasteiger partial charge < -0.3 is 9.88 Å². The molecule has 1 atom stereocenters. The Balaban J connectivity index is 1.39. The lowest BCUT2D eigenvalue weighted by atomic mass is 9.93. The van der Waals surface area contributed by atoms with Gasteiger partial charge in [-0.25, -0.2) is 0 Å². The molecule has 0 saturated heterocycles. The molecule has 6 heteroatoms. The maximum Gasteiger partial charge on any atom is 0.230 e. The van der Waals surface area contributed by atoms with Crippen molar-refractivity contribution in [2.45, 2.75) is 82.5 Å². The zero-order valence-electron chi connectivity index (χ0n) is 17.9. The molecule has 1 heterocycles. The molecule has 0 spiro atoms. The lowest BCUT2D eigenvalue weighted by Crippen LogP contribution is -2.33. The Hall–Kier alpha value is -1.82. The van der Waals surface area contributed by atoms with Crippen molar-refractivity contribution < 1.29 is 4.79 Å². The van der Waals surface area contributed by atoms with Crippen molar-refractivity contribution in [1.29, 1.82) is 0 Å². The standard InChI is InChI=1S/C23H32N4OS/c1-14(2)16-5-7-17(8-6-16)21(15(3)4)24-20(28)13-29-23-26-25-22(18-9-10-18)27(23)19-11-12-19/h5-8,14-15,18-19,21H,9-13H2,1-4H3,(H,24,28). The highest BCUT2D eigenvalue weighted by Gasteiger charge is 2.36. The molecule has 29 heavy (non-hydrogen) atoms. The number of aromatic nitrogens is 3. The van der Waals surface area contributed by atoms with Gasteiger partial charge in [0.1, 0.15) is 5.82 Å². The van der Waals surface area contributed by atoms with Gasteiger partial charge in [-0.1, -0.05) is 63.7 Å². The van der Waals surface area contributed by atoms with Gasteiger partial charge in [0.15, 0.2) is 5.16 Å². The van der Waals surface area contributed by atoms with Gasteiger partial charge in [-0.15, -0.1) is 10.2 Å². The monoisotopic (exact) mass is 412 g/mol. The summed E-state index contributed by atoms with van der Waals surface area (Å²) < 4.78 is 2.31. The summed E-state index contributed by atoms with van der Waals surface area (Å²) >= 11 is 1.52. The Bertz CT molecular complexity index is 850. The van der Waals surface area contributed by atoms with Gasteiger partial charge in [0.05, 0.1) is 11.8 Å². The van der Waals surface area contributed by atoms with Crippen LogP contribution in [0.25, 0.3) is 0 Å². The molecule has 2 aliphatic carbocycles. The van der Waals surface area contributed by atoms with Crippen LogP contribution in [0.4, 0.5) is 0 Å². The molecular formula is C23H32N4OS. The van der Waals surface area contributed by atoms with Crippen LogP contribution in [0.2, 0.25) is 0 Å². The highest BCUT2D eigenvalue weighted by Crippen LogP contribution is 2.46. The van der Waals surface area contributed by atoms with Crippen LogP contribution in [0.5, 0.6) is 0 Å². The number of thioether (sulfide) groups is 1. The van der Waals surface area contributed by atoms with E-state index in [-0.39, 0.29) is 11.9 Å². The molecule has 2 saturated carbocycles. The lowest BCUT2D eigenvalue weighted by Gasteiger charge is -2.23. The molecule has 156 valence electrons. The van der Waals surface area contributed by atoms with Gasteiger partial charge in [-0.2, -0.15) is 0 Å². The fraction of sp³-hybridized carbons (Fsp3) is 0.609. The minimum atomic E-state index is 0.0210. The third-order valence-corrected chi connectivity index (χ3v) is 6.77. The maximum atomic E-state index is 12.7. The summed E-state index contributed by atoms with van der Waals surface area (Å²) in [7, 11) is 0. The predicted octanol–water partition coefficient (Wildman–Crippen LogP) is 5.22. The molecule has 2 aromatic rings. The second-order valence-electron chi connectivity index (χ2n) is 9.12. The molecule has 1 aromatic heterocycles. The number of hydrogen-bond donors (Lipinski definition) is 1. The van der Waals surface area contributed by atoms with Crippen LogP contribution >= 0.6 is 11.8 Å². The van der Waals surface area contributed by atoms with Gasteiger partial charge >= 0.3 is 0 Å². The summed E-state index contributed by atoms with van der Waals surface area (Å²) in [5, 5.41) is 13.0. The molecular weight excluding hydrogens is 380 g/mol. The summed E-state index contributed by atoms with van der Waals surface area (Å²) in [6, 6.07) is 9.22. The number of carbonyl (C=O) groups excluding carboxylic acids is 1. The quantitative estimate of drug-likeness (QED) is 0.574. The van der Waals surface area contributed by atoms with Crippen molar-refractivity contribution in [2.75, 3.05) is 5.75 Å². The van der Waals surface area contributed by atoms with Crippen LogP contribution < -0.4 is 5.32 Å². The fourth-order valence-electron chi connectivity index (χ4n) is 3.75. The second-order valence-corrected chi connectivity index (χ2v) is 10.1. The molecule has 0 bridgehead atoms. The van der Waals surface area contributed by atoms with Crippen molar-refractivity contribution in [2.24, 2.45) is 5.92 Å². The van der Waals surface area contributed by atoms with E-state index in [1.54, 1.807) is 0 Å². The van der Waals surface area contributed by atoms with Crippen LogP contribution in [0.1, 0.15) is 94.2 Å². The average molecular weight is 413 g/mol. The Kier molecular flexibility index (Phi) is 6.00. The van der Waals surface area contributed by atoms with E-state index >= 15 is 0 Å². The lowest BCUT2D eigenvalue weighted by molar-refractivity contribution is -0.119. The third kappa shape index (κ3) is 4.85. The molecule has 0 radical (unpaired) electrons. The summed E-state index contributed by atoms with van der Waals surface area (Å²) in [5.74, 6) is 3.00. The molecule has 1 unspecified atom stereocenters. The van der Waals surface area contributed by atoms with E-state index in [1.807, 2.05) is 0 Å². The first-order valence-electron chi connectivity index (χ1n) is 10.9. The molecule has 5 nitrogen and oxygen atoms in total. The first-order chi connectivity index (χ1) is 13.9. The Morgan fingerprint density at radius 1 is 1.07 bits per heavy atom. The highest BCUT2D eigenvalue weighted by molar-refractivity contribution is 7.99.